The lowest BCUT2D eigenvalue weighted by Crippen LogP contribution is -2.39. The van der Waals surface area contributed by atoms with Crippen LogP contribution in [-0.4, -0.2) is 49.3 Å². The van der Waals surface area contributed by atoms with Gasteiger partial charge in [-0.2, -0.15) is 0 Å². The van der Waals surface area contributed by atoms with Crippen molar-refractivity contribution in [1.82, 2.24) is 20.6 Å². The molecule has 0 aliphatic carbocycles. The van der Waals surface area contributed by atoms with Crippen molar-refractivity contribution in [3.8, 4) is 5.75 Å². The first-order chi connectivity index (χ1) is 14.8. The second-order valence-corrected chi connectivity index (χ2v) is 6.87. The van der Waals surface area contributed by atoms with E-state index in [9.17, 15) is 0 Å². The minimum Gasteiger partial charge on any atom is -0.497 e. The number of guanidine groups is 1. The summed E-state index contributed by atoms with van der Waals surface area (Å²) >= 11 is 0. The number of hydrogen-bond acceptors (Lipinski definition) is 4. The van der Waals surface area contributed by atoms with Gasteiger partial charge in [-0.3, -0.25) is 0 Å². The highest BCUT2D eigenvalue weighted by Crippen LogP contribution is 2.12. The molecule has 0 fully saturated rings. The summed E-state index contributed by atoms with van der Waals surface area (Å²) in [5.41, 5.74) is 3.19. The van der Waals surface area contributed by atoms with Gasteiger partial charge in [0, 0.05) is 32.7 Å². The summed E-state index contributed by atoms with van der Waals surface area (Å²) < 4.78 is 10.6. The van der Waals surface area contributed by atoms with Crippen molar-refractivity contribution in [3.63, 3.8) is 0 Å². The minimum atomic E-state index is 0. The first-order valence-electron chi connectivity index (χ1n) is 10.4. The Balaban J connectivity index is 0.00000341. The molecular formula is C23H32IN5O2. The highest BCUT2D eigenvalue weighted by atomic mass is 127. The number of ether oxygens (including phenoxy) is 2. The van der Waals surface area contributed by atoms with Gasteiger partial charge in [-0.25, -0.2) is 9.98 Å². The zero-order chi connectivity index (χ0) is 21.0. The van der Waals surface area contributed by atoms with Gasteiger partial charge in [0.25, 0.3) is 0 Å². The van der Waals surface area contributed by atoms with Gasteiger partial charge in [-0.05, 0) is 43.2 Å². The molecule has 0 unspecified atom stereocenters. The molecule has 168 valence electrons. The number of nitrogens with zero attached hydrogens (tertiary/aromatic N) is 2. The third-order valence-corrected chi connectivity index (χ3v) is 4.63. The van der Waals surface area contributed by atoms with Gasteiger partial charge < -0.3 is 25.1 Å². The van der Waals surface area contributed by atoms with Crippen LogP contribution in [-0.2, 0) is 17.7 Å². The number of para-hydroxylation sites is 2. The van der Waals surface area contributed by atoms with E-state index in [1.165, 1.54) is 0 Å². The topological polar surface area (TPSA) is 83.6 Å². The number of aromatic amines is 1. The normalized spacial score (nSPS) is 11.2. The number of hydrogen-bond donors (Lipinski definition) is 3. The number of nitrogens with one attached hydrogen (secondary N) is 3. The minimum absolute atomic E-state index is 0. The van der Waals surface area contributed by atoms with Crippen molar-refractivity contribution in [3.05, 3.63) is 59.9 Å². The Labute approximate surface area is 201 Å². The summed E-state index contributed by atoms with van der Waals surface area (Å²) in [5.74, 6) is 2.61. The fraction of sp³-hybridized carbons (Fsp3) is 0.391. The van der Waals surface area contributed by atoms with Crippen LogP contribution in [0.5, 0.6) is 5.75 Å². The lowest BCUT2D eigenvalue weighted by Gasteiger charge is -2.12. The smallest absolute Gasteiger partial charge is 0.191 e. The molecule has 2 aromatic carbocycles. The molecule has 0 atom stereocenters. The highest BCUT2D eigenvalue weighted by molar-refractivity contribution is 14.0. The van der Waals surface area contributed by atoms with E-state index in [-0.39, 0.29) is 24.0 Å². The molecule has 1 aromatic heterocycles. The standard InChI is InChI=1S/C23H31N5O2.HI/c1-3-30-16-6-14-24-23(26-17-18-9-11-19(29-2)12-10-18)25-15-13-22-27-20-7-4-5-8-21(20)28-22;/h4-5,7-12H,3,6,13-17H2,1-2H3,(H,27,28)(H2,24,25,26);1H. The first-order valence-corrected chi connectivity index (χ1v) is 10.4. The summed E-state index contributed by atoms with van der Waals surface area (Å²) in [6.07, 6.45) is 1.72. The molecule has 0 aliphatic rings. The Morgan fingerprint density at radius 2 is 1.84 bits per heavy atom. The molecular weight excluding hydrogens is 505 g/mol. The van der Waals surface area contributed by atoms with Gasteiger partial charge >= 0.3 is 0 Å². The van der Waals surface area contributed by atoms with Gasteiger partial charge in [-0.15, -0.1) is 24.0 Å². The van der Waals surface area contributed by atoms with E-state index in [1.54, 1.807) is 7.11 Å². The second kappa shape index (κ2) is 13.9. The first kappa shape index (κ1) is 24.9. The van der Waals surface area contributed by atoms with E-state index in [0.717, 1.165) is 73.3 Å². The summed E-state index contributed by atoms with van der Waals surface area (Å²) in [4.78, 5) is 12.7. The summed E-state index contributed by atoms with van der Waals surface area (Å²) in [6.45, 7) is 5.63. The molecule has 3 aromatic rings. The number of rotatable bonds is 11. The Kier molecular flexibility index (Phi) is 11.2. The van der Waals surface area contributed by atoms with E-state index >= 15 is 0 Å². The van der Waals surface area contributed by atoms with Gasteiger partial charge in [0.2, 0.25) is 0 Å². The zero-order valence-corrected chi connectivity index (χ0v) is 20.5. The fourth-order valence-electron chi connectivity index (χ4n) is 3.02. The van der Waals surface area contributed by atoms with Gasteiger partial charge in [0.15, 0.2) is 5.96 Å². The Hall–Kier alpha value is -2.33. The predicted octanol–water partition coefficient (Wildman–Crippen LogP) is 3.89. The third kappa shape index (κ3) is 8.37. The molecule has 0 radical (unpaired) electrons. The molecule has 7 nitrogen and oxygen atoms in total. The van der Waals surface area contributed by atoms with Crippen LogP contribution in [0.25, 0.3) is 11.0 Å². The molecule has 3 rings (SSSR count). The van der Waals surface area contributed by atoms with Crippen LogP contribution in [0.1, 0.15) is 24.7 Å². The average molecular weight is 537 g/mol. The monoisotopic (exact) mass is 537 g/mol. The third-order valence-electron chi connectivity index (χ3n) is 4.63. The SMILES string of the molecule is CCOCCCNC(=NCc1ccc(OC)cc1)NCCc1nc2ccccc2[nH]1.I. The average Bonchev–Trinajstić information content (AvgIpc) is 3.20. The van der Waals surface area contributed by atoms with Crippen LogP contribution in [0.15, 0.2) is 53.5 Å². The largest absolute Gasteiger partial charge is 0.497 e. The van der Waals surface area contributed by atoms with Gasteiger partial charge in [0.05, 0.1) is 24.7 Å². The van der Waals surface area contributed by atoms with Crippen LogP contribution in [0.2, 0.25) is 0 Å². The lowest BCUT2D eigenvalue weighted by atomic mass is 10.2. The van der Waals surface area contributed by atoms with Crippen LogP contribution < -0.4 is 15.4 Å². The van der Waals surface area contributed by atoms with E-state index in [1.807, 2.05) is 55.5 Å². The summed E-state index contributed by atoms with van der Waals surface area (Å²) in [7, 11) is 1.67. The van der Waals surface area contributed by atoms with E-state index in [2.05, 4.69) is 20.6 Å². The highest BCUT2D eigenvalue weighted by Gasteiger charge is 2.04. The van der Waals surface area contributed by atoms with Crippen molar-refractivity contribution in [2.75, 3.05) is 33.4 Å². The molecule has 0 saturated heterocycles. The summed E-state index contributed by atoms with van der Waals surface area (Å²) in [5, 5.41) is 6.80. The van der Waals surface area contributed by atoms with Gasteiger partial charge in [-0.1, -0.05) is 24.3 Å². The van der Waals surface area contributed by atoms with Crippen LogP contribution in [0.3, 0.4) is 0 Å². The van der Waals surface area contributed by atoms with E-state index in [0.29, 0.717) is 6.54 Å². The van der Waals surface area contributed by atoms with Crippen molar-refractivity contribution < 1.29 is 9.47 Å². The molecule has 0 amide bonds. The zero-order valence-electron chi connectivity index (χ0n) is 18.2. The van der Waals surface area contributed by atoms with Crippen molar-refractivity contribution in [2.45, 2.75) is 26.3 Å². The van der Waals surface area contributed by atoms with Crippen LogP contribution >= 0.6 is 24.0 Å². The number of aromatic nitrogens is 2. The quantitative estimate of drug-likeness (QED) is 0.150. The number of aliphatic imine (C=N–C) groups is 1. The van der Waals surface area contributed by atoms with Crippen molar-refractivity contribution >= 4 is 41.0 Å². The second-order valence-electron chi connectivity index (χ2n) is 6.87. The number of H-pyrrole nitrogens is 1. The Morgan fingerprint density at radius 3 is 2.58 bits per heavy atom. The molecule has 0 aliphatic heterocycles. The Bertz CT molecular complexity index is 894. The van der Waals surface area contributed by atoms with Crippen molar-refractivity contribution in [1.29, 1.82) is 0 Å². The molecule has 0 saturated carbocycles. The molecule has 0 spiro atoms. The number of methoxy groups -OCH3 is 1. The molecule has 0 bridgehead atoms. The van der Waals surface area contributed by atoms with E-state index < -0.39 is 0 Å². The maximum atomic E-state index is 5.41. The Morgan fingerprint density at radius 1 is 1.06 bits per heavy atom. The fourth-order valence-corrected chi connectivity index (χ4v) is 3.02. The number of imidazole rings is 1. The molecule has 1 heterocycles. The molecule has 31 heavy (non-hydrogen) atoms. The number of benzene rings is 2. The predicted molar refractivity (Wildman–Crippen MR) is 136 cm³/mol. The van der Waals surface area contributed by atoms with Crippen LogP contribution in [0.4, 0.5) is 0 Å². The lowest BCUT2D eigenvalue weighted by molar-refractivity contribution is 0.145. The van der Waals surface area contributed by atoms with Gasteiger partial charge in [0.1, 0.15) is 11.6 Å². The van der Waals surface area contributed by atoms with Crippen molar-refractivity contribution in [2.24, 2.45) is 4.99 Å². The number of fused-ring (bicyclic) bond motifs is 1. The molecule has 3 N–H and O–H groups in total. The van der Waals surface area contributed by atoms with E-state index in [4.69, 9.17) is 14.5 Å². The number of halogens is 1. The maximum absolute atomic E-state index is 5.41. The maximum Gasteiger partial charge on any atom is 0.191 e. The summed E-state index contributed by atoms with van der Waals surface area (Å²) in [6, 6.07) is 16.0. The van der Waals surface area contributed by atoms with Crippen LogP contribution in [0, 0.1) is 0 Å². The molecule has 8 heteroatoms.